The van der Waals surface area contributed by atoms with Gasteiger partial charge in [-0.15, -0.1) is 0 Å². The van der Waals surface area contributed by atoms with Crippen molar-refractivity contribution in [1.82, 2.24) is 0 Å². The molecule has 0 aromatic carbocycles. The van der Waals surface area contributed by atoms with Crippen LogP contribution in [0.1, 0.15) is 121 Å². The van der Waals surface area contributed by atoms with Crippen LogP contribution in [0.15, 0.2) is 36.5 Å². The van der Waals surface area contributed by atoms with Crippen molar-refractivity contribution in [2.75, 3.05) is 0 Å². The number of rotatable bonds is 3. The van der Waals surface area contributed by atoms with E-state index in [2.05, 4.69) is 19.9 Å². The van der Waals surface area contributed by atoms with Crippen LogP contribution in [0.4, 0.5) is 0 Å². The maximum atomic E-state index is 13.5. The minimum Gasteiger partial charge on any atom is -0.458 e. The van der Waals surface area contributed by atoms with Crippen molar-refractivity contribution in [2.24, 2.45) is 53.3 Å². The van der Waals surface area contributed by atoms with Gasteiger partial charge in [-0.1, -0.05) is 92.7 Å². The zero-order chi connectivity index (χ0) is 42.3. The van der Waals surface area contributed by atoms with Gasteiger partial charge >= 0.3 is 5.97 Å². The average molecular weight is 791 g/mol. The molecule has 0 amide bonds. The van der Waals surface area contributed by atoms with Gasteiger partial charge in [-0.2, -0.15) is 0 Å². The van der Waals surface area contributed by atoms with Crippen molar-refractivity contribution < 1.29 is 54.1 Å². The summed E-state index contributed by atoms with van der Waals surface area (Å²) in [6, 6.07) is 0. The Labute approximate surface area is 336 Å². The zero-order valence-electron chi connectivity index (χ0n) is 35.8. The Kier molecular flexibility index (Phi) is 17.7. The number of esters is 1. The van der Waals surface area contributed by atoms with E-state index in [1.165, 1.54) is 39.8 Å². The number of fused-ring (bicyclic) bond motifs is 2. The highest BCUT2D eigenvalue weighted by molar-refractivity contribution is 5.91. The highest BCUT2D eigenvalue weighted by Gasteiger charge is 2.56. The fraction of sp³-hybridized carbons (Fsp3) is 0.800. The van der Waals surface area contributed by atoms with Gasteiger partial charge in [-0.25, -0.2) is 4.79 Å². The summed E-state index contributed by atoms with van der Waals surface area (Å²) >= 11 is 0. The van der Waals surface area contributed by atoms with Crippen molar-refractivity contribution in [3.63, 3.8) is 0 Å². The molecule has 3 rings (SSSR count). The number of hydrogen-bond acceptors (Lipinski definition) is 11. The molecule has 0 radical (unpaired) electrons. The van der Waals surface area contributed by atoms with Gasteiger partial charge in [0.25, 0.3) is 0 Å². The summed E-state index contributed by atoms with van der Waals surface area (Å²) in [5.74, 6) is -7.28. The molecule has 18 atom stereocenters. The Bertz CT molecular complexity index is 1390. The smallest absolute Gasteiger partial charge is 0.330 e. The van der Waals surface area contributed by atoms with Crippen LogP contribution >= 0.6 is 0 Å². The third-order valence-corrected chi connectivity index (χ3v) is 13.4. The van der Waals surface area contributed by atoms with E-state index in [9.17, 15) is 39.9 Å². The number of aliphatic hydroxyl groups excluding tert-OH is 4. The molecule has 0 unspecified atom stereocenters. The highest BCUT2D eigenvalue weighted by Crippen LogP contribution is 2.49. The summed E-state index contributed by atoms with van der Waals surface area (Å²) in [6.07, 6.45) is 9.62. The molecule has 2 saturated heterocycles. The Balaban J connectivity index is 1.99. The fourth-order valence-corrected chi connectivity index (χ4v) is 9.01. The molecule has 3 aliphatic heterocycles. The van der Waals surface area contributed by atoms with Crippen molar-refractivity contribution in [1.29, 1.82) is 0 Å². The van der Waals surface area contributed by atoms with Crippen LogP contribution < -0.4 is 0 Å². The minimum absolute atomic E-state index is 0.168. The third-order valence-electron chi connectivity index (χ3n) is 13.4. The molecule has 0 aromatic rings. The lowest BCUT2D eigenvalue weighted by molar-refractivity contribution is -0.371. The van der Waals surface area contributed by atoms with Crippen molar-refractivity contribution in [2.45, 2.75) is 175 Å². The van der Waals surface area contributed by atoms with Crippen molar-refractivity contribution in [3.05, 3.63) is 36.5 Å². The molecule has 2 fully saturated rings. The number of hydrogen-bond donors (Lipinski definition) is 5. The number of Topliss-reactive ketones (excluding diaryl/α,β-unsaturated/α-hetero) is 2. The van der Waals surface area contributed by atoms with Crippen LogP contribution in [0.2, 0.25) is 0 Å². The van der Waals surface area contributed by atoms with Gasteiger partial charge < -0.3 is 39.7 Å². The lowest BCUT2D eigenvalue weighted by atomic mass is 9.74. The molecular weight excluding hydrogens is 716 g/mol. The molecule has 0 aliphatic carbocycles. The van der Waals surface area contributed by atoms with E-state index < -0.39 is 89.0 Å². The molecule has 11 nitrogen and oxygen atoms in total. The molecule has 56 heavy (non-hydrogen) atoms. The molecule has 320 valence electrons. The minimum atomic E-state index is -2.18. The van der Waals surface area contributed by atoms with Crippen LogP contribution in [0.3, 0.4) is 0 Å². The van der Waals surface area contributed by atoms with Crippen LogP contribution in [0.5, 0.6) is 0 Å². The molecule has 1 spiro atoms. The van der Waals surface area contributed by atoms with Crippen LogP contribution in [0.25, 0.3) is 0 Å². The topological polar surface area (TPSA) is 180 Å². The van der Waals surface area contributed by atoms with E-state index in [0.29, 0.717) is 25.7 Å². The molecule has 11 heteroatoms. The predicted octanol–water partition coefficient (Wildman–Crippen LogP) is 5.88. The standard InChI is InChI=1S/C45H74O11/c1-12-34-17-15-13-14-16-27(4)42(51)44(11,53)43(52)32(9)40(50)31(8)39(49)30(7)38(48)26(3)18-21-37(47)54-41-29(6)35(20-19-34)55-45(33(41)10)23-22-25(2)36(56-45)24-28(5)46/h13-15,17-18,21,25-36,38,40-42,46,48,50-51,53H,12,16,19-20,22-24H2,1-11H3/b14-13-,17-15+,21-18+/t25-,26-,27+,28+,29+,30-,31-,32-,33-,34-,35-,36-,38+,40+,41+,42-,44+,45-/m0/s1. The molecule has 0 aromatic heterocycles. The largest absolute Gasteiger partial charge is 0.458 e. The van der Waals surface area contributed by atoms with Gasteiger partial charge in [0.2, 0.25) is 0 Å². The average Bonchev–Trinajstić information content (AvgIpc) is 3.16. The zero-order valence-corrected chi connectivity index (χ0v) is 35.8. The Morgan fingerprint density at radius 2 is 1.48 bits per heavy atom. The Morgan fingerprint density at radius 3 is 2.11 bits per heavy atom. The van der Waals surface area contributed by atoms with Crippen molar-refractivity contribution in [3.8, 4) is 0 Å². The second kappa shape index (κ2) is 20.6. The number of ether oxygens (including phenoxy) is 3. The quantitative estimate of drug-likeness (QED) is 0.216. The summed E-state index contributed by atoms with van der Waals surface area (Å²) in [4.78, 5) is 40.5. The maximum absolute atomic E-state index is 13.5. The summed E-state index contributed by atoms with van der Waals surface area (Å²) < 4.78 is 20.0. The first-order chi connectivity index (χ1) is 26.1. The SMILES string of the molecule is CC[C@H]1/C=C/C=C\C[C@@H](C)[C@H](O)[C@@](C)(O)C(=O)[C@@H](C)[C@H](O)[C@@H](C)C(=O)[C@@H](C)[C@H](O)[C@@H](C)/C=C/C(=O)O[C@@H]2[C@H](C)[C@H](CC1)O[C@]1(CC[C@H](C)[C@H](C[C@@H](C)O)O1)[C@H]2C. The second-order valence-corrected chi connectivity index (χ2v) is 18.0. The molecule has 5 N–H and O–H groups in total. The fourth-order valence-electron chi connectivity index (χ4n) is 9.01. The molecule has 0 saturated carbocycles. The number of carbonyl (C=O) groups is 3. The molecule has 3 heterocycles. The van der Waals surface area contributed by atoms with E-state index in [1.807, 2.05) is 32.1 Å². The second-order valence-electron chi connectivity index (χ2n) is 18.0. The maximum Gasteiger partial charge on any atom is 0.330 e. The van der Waals surface area contributed by atoms with E-state index in [4.69, 9.17) is 14.2 Å². The normalized spacial score (nSPS) is 46.8. The van der Waals surface area contributed by atoms with Gasteiger partial charge in [0.15, 0.2) is 11.6 Å². The summed E-state index contributed by atoms with van der Waals surface area (Å²) in [6.45, 7) is 19.1. The van der Waals surface area contributed by atoms with E-state index >= 15 is 0 Å². The number of aliphatic hydroxyl groups is 5. The first kappa shape index (κ1) is 48.1. The first-order valence-electron chi connectivity index (χ1n) is 21.2. The molecule has 3 aliphatic rings. The Hall–Kier alpha value is -2.25. The van der Waals surface area contributed by atoms with Crippen LogP contribution in [-0.2, 0) is 28.6 Å². The van der Waals surface area contributed by atoms with E-state index in [1.54, 1.807) is 20.8 Å². The summed E-state index contributed by atoms with van der Waals surface area (Å²) in [7, 11) is 0. The van der Waals surface area contributed by atoms with Crippen molar-refractivity contribution >= 4 is 17.5 Å². The molecular formula is C45H74O11. The molecule has 2 bridgehead atoms. The van der Waals surface area contributed by atoms with Crippen LogP contribution in [-0.4, -0.2) is 97.2 Å². The summed E-state index contributed by atoms with van der Waals surface area (Å²) in [5.41, 5.74) is -2.18. The third kappa shape index (κ3) is 11.5. The lowest BCUT2D eigenvalue weighted by Gasteiger charge is -2.55. The highest BCUT2D eigenvalue weighted by atomic mass is 16.7. The van der Waals surface area contributed by atoms with Gasteiger partial charge in [0.1, 0.15) is 17.5 Å². The van der Waals surface area contributed by atoms with E-state index in [-0.39, 0.29) is 35.9 Å². The van der Waals surface area contributed by atoms with Gasteiger partial charge in [-0.3, -0.25) is 9.59 Å². The van der Waals surface area contributed by atoms with Gasteiger partial charge in [0, 0.05) is 48.0 Å². The van der Waals surface area contributed by atoms with Crippen LogP contribution in [0, 0.1) is 53.3 Å². The Morgan fingerprint density at radius 1 is 0.839 bits per heavy atom. The van der Waals surface area contributed by atoms with Gasteiger partial charge in [0.05, 0.1) is 36.6 Å². The predicted molar refractivity (Wildman–Crippen MR) is 215 cm³/mol. The number of ketones is 2. The lowest BCUT2D eigenvalue weighted by Crippen LogP contribution is -2.62. The first-order valence-corrected chi connectivity index (χ1v) is 21.2. The van der Waals surface area contributed by atoms with E-state index in [0.717, 1.165) is 19.3 Å². The van der Waals surface area contributed by atoms with Gasteiger partial charge in [-0.05, 0) is 70.1 Å². The number of carbonyl (C=O) groups excluding carboxylic acids is 3. The monoisotopic (exact) mass is 791 g/mol. The number of allylic oxidation sites excluding steroid dienone is 4. The summed E-state index contributed by atoms with van der Waals surface area (Å²) in [5, 5.41) is 55.0.